The summed E-state index contributed by atoms with van der Waals surface area (Å²) in [5, 5.41) is 11.6. The van der Waals surface area contributed by atoms with Gasteiger partial charge in [0, 0.05) is 54.8 Å². The number of benzene rings is 12. The van der Waals surface area contributed by atoms with E-state index in [0.29, 0.717) is 11.8 Å². The summed E-state index contributed by atoms with van der Waals surface area (Å²) < 4.78 is 14.6. The zero-order valence-electron chi connectivity index (χ0n) is 45.1. The molecule has 12 aromatic carbocycles. The molecule has 0 amide bonds. The highest BCUT2D eigenvalue weighted by Gasteiger charge is 2.27. The fraction of sp³-hybridized carbons (Fsp3) is 0.135. The van der Waals surface area contributed by atoms with Crippen LogP contribution < -0.4 is 9.80 Å². The molecule has 78 heavy (non-hydrogen) atoms. The van der Waals surface area contributed by atoms with Gasteiger partial charge in [0.2, 0.25) is 0 Å². The van der Waals surface area contributed by atoms with Crippen molar-refractivity contribution in [2.75, 3.05) is 9.80 Å². The third-order valence-corrected chi connectivity index (χ3v) is 16.5. The molecule has 378 valence electrons. The van der Waals surface area contributed by atoms with Crippen molar-refractivity contribution in [1.82, 2.24) is 0 Å². The van der Waals surface area contributed by atoms with Crippen molar-refractivity contribution in [1.29, 1.82) is 0 Å². The Morgan fingerprint density at radius 3 is 1.12 bits per heavy atom. The Labute approximate surface area is 455 Å². The molecule has 0 saturated carbocycles. The van der Waals surface area contributed by atoms with Crippen LogP contribution in [0, 0.1) is 0 Å². The Kier molecular flexibility index (Phi) is 11.4. The zero-order valence-corrected chi connectivity index (χ0v) is 45.1. The number of hydrogen-bond acceptors (Lipinski definition) is 4. The molecule has 14 rings (SSSR count). The van der Waals surface area contributed by atoms with Crippen molar-refractivity contribution in [3.05, 3.63) is 241 Å². The van der Waals surface area contributed by atoms with E-state index in [1.807, 2.05) is 0 Å². The minimum atomic E-state index is 0.358. The normalized spacial score (nSPS) is 12.1. The Bertz CT molecular complexity index is 4330. The molecular formula is C74H60N2O2. The number of para-hydroxylation sites is 4. The predicted octanol–water partition coefficient (Wildman–Crippen LogP) is 22.0. The van der Waals surface area contributed by atoms with Gasteiger partial charge in [0.1, 0.15) is 11.2 Å². The minimum Gasteiger partial charge on any atom is -0.453 e. The molecule has 0 radical (unpaired) electrons. The van der Waals surface area contributed by atoms with Gasteiger partial charge in [0.15, 0.2) is 11.2 Å². The number of fused-ring (bicyclic) bond motifs is 6. The van der Waals surface area contributed by atoms with E-state index in [-0.39, 0.29) is 0 Å². The summed E-state index contributed by atoms with van der Waals surface area (Å²) in [6.07, 6.45) is 1.84. The molecule has 14 aromatic rings. The molecule has 4 nitrogen and oxygen atoms in total. The van der Waals surface area contributed by atoms with Crippen LogP contribution in [0.2, 0.25) is 0 Å². The molecule has 2 aromatic heterocycles. The van der Waals surface area contributed by atoms with Crippen LogP contribution in [0.4, 0.5) is 34.1 Å². The van der Waals surface area contributed by atoms with Gasteiger partial charge in [0.25, 0.3) is 0 Å². The average molecular weight is 1010 g/mol. The van der Waals surface area contributed by atoms with Crippen LogP contribution in [0.25, 0.3) is 98.4 Å². The number of rotatable bonds is 12. The first-order valence-corrected chi connectivity index (χ1v) is 27.8. The number of furan rings is 2. The fourth-order valence-corrected chi connectivity index (χ4v) is 12.7. The van der Waals surface area contributed by atoms with Crippen molar-refractivity contribution in [3.8, 4) is 22.3 Å². The maximum absolute atomic E-state index is 7.29. The van der Waals surface area contributed by atoms with E-state index in [0.717, 1.165) is 113 Å². The van der Waals surface area contributed by atoms with Crippen LogP contribution in [-0.2, 0) is 12.8 Å². The number of nitrogens with zero attached hydrogens (tertiary/aromatic N) is 2. The van der Waals surface area contributed by atoms with Crippen molar-refractivity contribution in [2.45, 2.75) is 66.2 Å². The van der Waals surface area contributed by atoms with Gasteiger partial charge in [-0.25, -0.2) is 0 Å². The molecule has 0 unspecified atom stereocenters. The molecule has 0 N–H and O–H groups in total. The second kappa shape index (κ2) is 18.9. The molecule has 0 bridgehead atoms. The highest BCUT2D eigenvalue weighted by molar-refractivity contribution is 6.29. The second-order valence-electron chi connectivity index (χ2n) is 21.7. The predicted molar refractivity (Wildman–Crippen MR) is 332 cm³/mol. The van der Waals surface area contributed by atoms with Crippen LogP contribution in [0.15, 0.2) is 227 Å². The molecule has 0 fully saturated rings. The molecule has 0 aliphatic heterocycles. The first-order valence-electron chi connectivity index (χ1n) is 27.8. The van der Waals surface area contributed by atoms with Crippen molar-refractivity contribution >= 4 is 110 Å². The second-order valence-corrected chi connectivity index (χ2v) is 21.7. The van der Waals surface area contributed by atoms with Gasteiger partial charge < -0.3 is 18.6 Å². The Balaban J connectivity index is 1.00. The van der Waals surface area contributed by atoms with Gasteiger partial charge in [-0.3, -0.25) is 0 Å². The van der Waals surface area contributed by atoms with Gasteiger partial charge in [-0.05, 0) is 128 Å². The van der Waals surface area contributed by atoms with E-state index >= 15 is 0 Å². The van der Waals surface area contributed by atoms with Crippen molar-refractivity contribution < 1.29 is 8.83 Å². The van der Waals surface area contributed by atoms with E-state index in [9.17, 15) is 0 Å². The molecule has 0 aliphatic carbocycles. The Morgan fingerprint density at radius 1 is 0.321 bits per heavy atom. The average Bonchev–Trinajstić information content (AvgIpc) is 4.04. The summed E-state index contributed by atoms with van der Waals surface area (Å²) in [5.41, 5.74) is 19.7. The highest BCUT2D eigenvalue weighted by Crippen LogP contribution is 2.52. The lowest BCUT2D eigenvalue weighted by Gasteiger charge is -2.29. The monoisotopic (exact) mass is 1010 g/mol. The molecule has 0 aliphatic rings. The summed E-state index contributed by atoms with van der Waals surface area (Å²) in [5.74, 6) is 0.716. The summed E-state index contributed by atoms with van der Waals surface area (Å²) in [4.78, 5) is 4.88. The lowest BCUT2D eigenvalue weighted by atomic mass is 9.91. The highest BCUT2D eigenvalue weighted by atomic mass is 16.3. The largest absolute Gasteiger partial charge is 0.453 e. The smallest absolute Gasteiger partial charge is 0.159 e. The molecule has 0 atom stereocenters. The zero-order chi connectivity index (χ0) is 52.8. The van der Waals surface area contributed by atoms with Crippen molar-refractivity contribution in [3.63, 3.8) is 0 Å². The summed E-state index contributed by atoms with van der Waals surface area (Å²) >= 11 is 0. The molecular weight excluding hydrogens is 949 g/mol. The van der Waals surface area contributed by atoms with Crippen LogP contribution in [0.3, 0.4) is 0 Å². The Morgan fingerprint density at radius 2 is 0.692 bits per heavy atom. The maximum atomic E-state index is 7.29. The molecule has 0 saturated heterocycles. The summed E-state index contributed by atoms with van der Waals surface area (Å²) in [6, 6.07) is 80.6. The van der Waals surface area contributed by atoms with Gasteiger partial charge in [-0.1, -0.05) is 211 Å². The van der Waals surface area contributed by atoms with E-state index in [1.165, 1.54) is 54.9 Å². The number of anilines is 6. The van der Waals surface area contributed by atoms with Crippen LogP contribution in [0.5, 0.6) is 0 Å². The maximum Gasteiger partial charge on any atom is 0.159 e. The lowest BCUT2D eigenvalue weighted by Crippen LogP contribution is -2.12. The first-order chi connectivity index (χ1) is 38.3. The van der Waals surface area contributed by atoms with Gasteiger partial charge >= 0.3 is 0 Å². The van der Waals surface area contributed by atoms with E-state index in [2.05, 4.69) is 270 Å². The molecule has 4 heteroatoms. The Hall–Kier alpha value is -9.12. The van der Waals surface area contributed by atoms with Crippen LogP contribution in [-0.4, -0.2) is 0 Å². The van der Waals surface area contributed by atoms with Crippen molar-refractivity contribution in [2.24, 2.45) is 0 Å². The number of hydrogen-bond donors (Lipinski definition) is 0. The van der Waals surface area contributed by atoms with E-state index < -0.39 is 0 Å². The molecule has 0 spiro atoms. The topological polar surface area (TPSA) is 32.8 Å². The third-order valence-electron chi connectivity index (χ3n) is 16.5. The number of aryl methyl sites for hydroxylation is 2. The summed E-state index contributed by atoms with van der Waals surface area (Å²) in [6.45, 7) is 13.5. The third kappa shape index (κ3) is 7.49. The van der Waals surface area contributed by atoms with Crippen LogP contribution >= 0.6 is 0 Å². The first kappa shape index (κ1) is 47.3. The van der Waals surface area contributed by atoms with Gasteiger partial charge in [-0.2, -0.15) is 0 Å². The van der Waals surface area contributed by atoms with E-state index in [1.54, 1.807) is 0 Å². The summed E-state index contributed by atoms with van der Waals surface area (Å²) in [7, 11) is 0. The quantitative estimate of drug-likeness (QED) is 0.114. The lowest BCUT2D eigenvalue weighted by molar-refractivity contribution is 0.669. The van der Waals surface area contributed by atoms with Gasteiger partial charge in [-0.15, -0.1) is 0 Å². The van der Waals surface area contributed by atoms with Gasteiger partial charge in [0.05, 0.1) is 22.7 Å². The minimum absolute atomic E-state index is 0.358. The SMILES string of the molecule is CCc1cccc(N(c2ccc3ccc4c(N(c5cccc(CC)c5)c5cccc6c5oc5c(-c7ccccc7C(C)C)cccc56)ccc5ccc2c3c54)c2cccc3c2oc2c(-c4ccccc4C(C)C)cccc23)c1. The van der Waals surface area contributed by atoms with Crippen LogP contribution in [0.1, 0.15) is 75.6 Å². The fourth-order valence-electron chi connectivity index (χ4n) is 12.7. The van der Waals surface area contributed by atoms with E-state index in [4.69, 9.17) is 8.83 Å². The standard InChI is InChI=1S/C74H60N2O2/c1-7-47-19-13-21-51(43-47)75(67-33-17-31-61-59-29-15-27-57(71(59)77-73(61)67)55-25-11-9-23-53(55)45(3)4)65-41-37-49-36-40-64-66(42-38-50-35-39-63(65)69(49)70(50)64)76(52-22-14-20-48(8-2)44-52)68-34-18-32-62-60-30-16-28-58(72(60)78-74(62)68)56-26-12-10-24-54(56)46(5)6/h9-46H,7-8H2,1-6H3. The molecule has 2 heterocycles.